The van der Waals surface area contributed by atoms with Gasteiger partial charge < -0.3 is 4.74 Å². The number of halogens is 1. The van der Waals surface area contributed by atoms with E-state index in [4.69, 9.17) is 4.74 Å². The first-order valence-electron chi connectivity index (χ1n) is 7.36. The highest BCUT2D eigenvalue weighted by Gasteiger charge is 2.03. The monoisotopic (exact) mass is 308 g/mol. The maximum Gasteiger partial charge on any atom is 0.130 e. The lowest BCUT2D eigenvalue weighted by Crippen LogP contribution is -1.90. The maximum atomic E-state index is 13.9. The predicted octanol–water partition coefficient (Wildman–Crippen LogP) is 4.48. The number of ether oxygens (including phenoxy) is 1. The molecule has 23 heavy (non-hydrogen) atoms. The van der Waals surface area contributed by atoms with Crippen molar-refractivity contribution in [3.05, 3.63) is 77.7 Å². The molecule has 3 nitrogen and oxygen atoms in total. The average Bonchev–Trinajstić information content (AvgIpc) is 3.06. The van der Waals surface area contributed by atoms with E-state index in [1.54, 1.807) is 12.1 Å². The van der Waals surface area contributed by atoms with Gasteiger partial charge in [-0.25, -0.2) is 4.39 Å². The van der Waals surface area contributed by atoms with Crippen LogP contribution < -0.4 is 4.74 Å². The molecule has 1 heterocycles. The van der Waals surface area contributed by atoms with Crippen LogP contribution in [0.4, 0.5) is 4.39 Å². The van der Waals surface area contributed by atoms with E-state index in [9.17, 15) is 4.39 Å². The molecule has 1 aromatic heterocycles. The number of rotatable bonds is 5. The van der Waals surface area contributed by atoms with Crippen LogP contribution >= 0.6 is 0 Å². The summed E-state index contributed by atoms with van der Waals surface area (Å²) in [5.41, 5.74) is 3.47. The Kier molecular flexibility index (Phi) is 4.52. The molecule has 1 N–H and O–H groups in total. The molecule has 2 aromatic carbocycles. The highest BCUT2D eigenvalue weighted by atomic mass is 19.1. The summed E-state index contributed by atoms with van der Waals surface area (Å²) in [5.74, 6) is 0.264. The van der Waals surface area contributed by atoms with Gasteiger partial charge >= 0.3 is 0 Å². The quantitative estimate of drug-likeness (QED) is 0.754. The fourth-order valence-corrected chi connectivity index (χ4v) is 2.31. The highest BCUT2D eigenvalue weighted by Crippen LogP contribution is 2.19. The van der Waals surface area contributed by atoms with E-state index < -0.39 is 0 Å². The third-order valence-corrected chi connectivity index (χ3v) is 3.56. The van der Waals surface area contributed by atoms with Crippen molar-refractivity contribution in [3.63, 3.8) is 0 Å². The Morgan fingerprint density at radius 3 is 2.70 bits per heavy atom. The number of aromatic amines is 1. The van der Waals surface area contributed by atoms with Crippen LogP contribution in [-0.4, -0.2) is 17.3 Å². The molecule has 4 heteroatoms. The highest BCUT2D eigenvalue weighted by molar-refractivity contribution is 5.62. The summed E-state index contributed by atoms with van der Waals surface area (Å²) in [4.78, 5) is 0. The number of benzene rings is 2. The molecule has 0 unspecified atom stereocenters. The molecule has 0 fully saturated rings. The first-order valence-corrected chi connectivity index (χ1v) is 7.36. The van der Waals surface area contributed by atoms with Crippen LogP contribution in [0.3, 0.4) is 0 Å². The standard InChI is InChI=1S/C19H17FN2O/c1-23-17-11-10-14(18(20)13-17)8-5-9-16-12-19(22-21-16)15-6-3-2-4-7-15/h2-7,9-13H,8H2,1H3,(H,21,22). The van der Waals surface area contributed by atoms with Crippen molar-refractivity contribution in [2.24, 2.45) is 0 Å². The van der Waals surface area contributed by atoms with Crippen LogP contribution in [-0.2, 0) is 6.42 Å². The Balaban J connectivity index is 1.68. The van der Waals surface area contributed by atoms with E-state index in [0.717, 1.165) is 17.0 Å². The van der Waals surface area contributed by atoms with Gasteiger partial charge in [0.1, 0.15) is 11.6 Å². The lowest BCUT2D eigenvalue weighted by atomic mass is 10.1. The van der Waals surface area contributed by atoms with Crippen LogP contribution in [0.15, 0.2) is 60.7 Å². The fraction of sp³-hybridized carbons (Fsp3) is 0.105. The van der Waals surface area contributed by atoms with Gasteiger partial charge in [-0.2, -0.15) is 5.10 Å². The molecule has 0 amide bonds. The largest absolute Gasteiger partial charge is 0.497 e. The van der Waals surface area contributed by atoms with Gasteiger partial charge in [-0.15, -0.1) is 0 Å². The fourth-order valence-electron chi connectivity index (χ4n) is 2.31. The van der Waals surface area contributed by atoms with E-state index >= 15 is 0 Å². The second-order valence-electron chi connectivity index (χ2n) is 5.14. The molecule has 0 radical (unpaired) electrons. The minimum absolute atomic E-state index is 0.261. The summed E-state index contributed by atoms with van der Waals surface area (Å²) in [6, 6.07) is 16.8. The zero-order valence-electron chi connectivity index (χ0n) is 12.8. The molecule has 0 saturated heterocycles. The topological polar surface area (TPSA) is 37.9 Å². The number of allylic oxidation sites excluding steroid dienone is 1. The number of aromatic nitrogens is 2. The smallest absolute Gasteiger partial charge is 0.130 e. The van der Waals surface area contributed by atoms with Crippen LogP contribution in [0.1, 0.15) is 11.3 Å². The maximum absolute atomic E-state index is 13.9. The first-order chi connectivity index (χ1) is 11.3. The zero-order valence-corrected chi connectivity index (χ0v) is 12.8. The number of nitrogens with zero attached hydrogens (tertiary/aromatic N) is 1. The van der Waals surface area contributed by atoms with Gasteiger partial charge in [0, 0.05) is 11.6 Å². The van der Waals surface area contributed by atoms with Crippen molar-refractivity contribution in [2.45, 2.75) is 6.42 Å². The first kappa shape index (κ1) is 15.0. The Hall–Kier alpha value is -2.88. The average molecular weight is 308 g/mol. The SMILES string of the molecule is COc1ccc(CC=Cc2cc(-c3ccccc3)n[nH]2)c(F)c1. The second kappa shape index (κ2) is 6.92. The molecule has 0 saturated carbocycles. The molecule has 0 aliphatic rings. The number of H-pyrrole nitrogens is 1. The van der Waals surface area contributed by atoms with Crippen LogP contribution in [0, 0.1) is 5.82 Å². The van der Waals surface area contributed by atoms with Gasteiger partial charge in [0.25, 0.3) is 0 Å². The van der Waals surface area contributed by atoms with Gasteiger partial charge in [0.2, 0.25) is 0 Å². The normalized spacial score (nSPS) is 11.0. The van der Waals surface area contributed by atoms with Crippen molar-refractivity contribution in [3.8, 4) is 17.0 Å². The molecular formula is C19H17FN2O. The third kappa shape index (κ3) is 3.66. The Bertz CT molecular complexity index is 809. The predicted molar refractivity (Wildman–Crippen MR) is 89.7 cm³/mol. The molecule has 0 aliphatic heterocycles. The lowest BCUT2D eigenvalue weighted by Gasteiger charge is -2.02. The number of methoxy groups -OCH3 is 1. The molecule has 3 aromatic rings. The van der Waals surface area contributed by atoms with Gasteiger partial charge in [0.15, 0.2) is 0 Å². The van der Waals surface area contributed by atoms with Crippen molar-refractivity contribution in [2.75, 3.05) is 7.11 Å². The Labute approximate surface area is 134 Å². The number of nitrogens with one attached hydrogen (secondary N) is 1. The van der Waals surface area contributed by atoms with Gasteiger partial charge in [0.05, 0.1) is 18.5 Å². The third-order valence-electron chi connectivity index (χ3n) is 3.56. The van der Waals surface area contributed by atoms with Gasteiger partial charge in [-0.3, -0.25) is 5.10 Å². The second-order valence-corrected chi connectivity index (χ2v) is 5.14. The summed E-state index contributed by atoms with van der Waals surface area (Å²) in [5, 5.41) is 7.26. The zero-order chi connectivity index (χ0) is 16.1. The van der Waals surface area contributed by atoms with E-state index in [1.165, 1.54) is 13.2 Å². The summed E-state index contributed by atoms with van der Waals surface area (Å²) < 4.78 is 18.9. The molecule has 0 bridgehead atoms. The van der Waals surface area contributed by atoms with Gasteiger partial charge in [-0.1, -0.05) is 42.5 Å². The minimum atomic E-state index is -0.261. The van der Waals surface area contributed by atoms with Crippen molar-refractivity contribution in [1.29, 1.82) is 0 Å². The van der Waals surface area contributed by atoms with Crippen LogP contribution in [0.25, 0.3) is 17.3 Å². The summed E-state index contributed by atoms with van der Waals surface area (Å²) in [6.07, 6.45) is 4.33. The summed E-state index contributed by atoms with van der Waals surface area (Å²) in [7, 11) is 1.52. The molecule has 116 valence electrons. The van der Waals surface area contributed by atoms with Crippen LogP contribution in [0.5, 0.6) is 5.75 Å². The van der Waals surface area contributed by atoms with Crippen molar-refractivity contribution >= 4 is 6.08 Å². The molecule has 3 rings (SSSR count). The van der Waals surface area contributed by atoms with Crippen LogP contribution in [0.2, 0.25) is 0 Å². The van der Waals surface area contributed by atoms with Crippen molar-refractivity contribution < 1.29 is 9.13 Å². The number of hydrogen-bond acceptors (Lipinski definition) is 2. The molecule has 0 atom stereocenters. The minimum Gasteiger partial charge on any atom is -0.497 e. The van der Waals surface area contributed by atoms with E-state index in [0.29, 0.717) is 17.7 Å². The molecule has 0 spiro atoms. The van der Waals surface area contributed by atoms with E-state index in [2.05, 4.69) is 10.2 Å². The molecule has 0 aliphatic carbocycles. The van der Waals surface area contributed by atoms with Gasteiger partial charge in [-0.05, 0) is 30.2 Å². The van der Waals surface area contributed by atoms with E-state index in [1.807, 2.05) is 48.6 Å². The lowest BCUT2D eigenvalue weighted by molar-refractivity contribution is 0.411. The number of hydrogen-bond donors (Lipinski definition) is 1. The molecular weight excluding hydrogens is 291 g/mol. The Morgan fingerprint density at radius 2 is 1.96 bits per heavy atom. The van der Waals surface area contributed by atoms with E-state index in [-0.39, 0.29) is 5.82 Å². The summed E-state index contributed by atoms with van der Waals surface area (Å²) in [6.45, 7) is 0. The van der Waals surface area contributed by atoms with Crippen molar-refractivity contribution in [1.82, 2.24) is 10.2 Å². The Morgan fingerprint density at radius 1 is 1.13 bits per heavy atom. The summed E-state index contributed by atoms with van der Waals surface area (Å²) >= 11 is 0.